The summed E-state index contributed by atoms with van der Waals surface area (Å²) in [5.41, 5.74) is 0. The number of aliphatic hydroxyl groups excluding tert-OH is 2. The predicted molar refractivity (Wildman–Crippen MR) is 51.3 cm³/mol. The highest BCUT2D eigenvalue weighted by molar-refractivity contribution is 5.67. The Hall–Kier alpha value is -1.51. The Bertz CT molecular complexity index is 369. The molecular formula is C8H12N4O4. The van der Waals surface area contributed by atoms with E-state index >= 15 is 0 Å². The van der Waals surface area contributed by atoms with Gasteiger partial charge in [-0.05, 0) is 0 Å². The minimum Gasteiger partial charge on any atom is -0.394 e. The van der Waals surface area contributed by atoms with E-state index in [0.717, 1.165) is 0 Å². The molecule has 16 heavy (non-hydrogen) atoms. The molecule has 2 heterocycles. The third kappa shape index (κ3) is 2.03. The van der Waals surface area contributed by atoms with E-state index in [2.05, 4.69) is 15.6 Å². The number of carbonyl (C=O) groups excluding carboxylic acids is 1. The van der Waals surface area contributed by atoms with E-state index in [1.807, 2.05) is 0 Å². The number of hydrogen-bond donors (Lipinski definition) is 3. The van der Waals surface area contributed by atoms with E-state index in [9.17, 15) is 9.90 Å². The Labute approximate surface area is 90.8 Å². The second-order valence-corrected chi connectivity index (χ2v) is 3.48. The molecule has 1 saturated heterocycles. The molecule has 0 radical (unpaired) electrons. The average molecular weight is 228 g/mol. The molecule has 1 fully saturated rings. The topological polar surface area (TPSA) is 110 Å². The van der Waals surface area contributed by atoms with Crippen LogP contribution in [0.3, 0.4) is 0 Å². The summed E-state index contributed by atoms with van der Waals surface area (Å²) >= 11 is 0. The van der Waals surface area contributed by atoms with Gasteiger partial charge in [-0.25, -0.2) is 4.68 Å². The SMILES string of the molecule is O=CNc1cn([C@@H]2O[C@H](CO)C[C@@H]2O)nn1. The number of aliphatic hydroxyl groups is 2. The standard InChI is InChI=1S/C8H12N4O4/c13-3-5-1-6(15)8(16-5)12-2-7(9-4-14)10-11-12/h2,4-6,8,13,15H,1,3H2,(H,9,14)/t5-,6-,8+/m0/s1. The summed E-state index contributed by atoms with van der Waals surface area (Å²) in [6.45, 7) is -0.151. The van der Waals surface area contributed by atoms with Gasteiger partial charge < -0.3 is 20.3 Å². The number of ether oxygens (including phenoxy) is 1. The number of anilines is 1. The first-order valence-electron chi connectivity index (χ1n) is 4.81. The van der Waals surface area contributed by atoms with Crippen molar-refractivity contribution in [1.29, 1.82) is 0 Å². The Balaban J connectivity index is 2.08. The first-order valence-corrected chi connectivity index (χ1v) is 4.81. The van der Waals surface area contributed by atoms with Crippen molar-refractivity contribution in [2.24, 2.45) is 0 Å². The molecule has 88 valence electrons. The van der Waals surface area contributed by atoms with Gasteiger partial charge in [0.1, 0.15) is 6.10 Å². The predicted octanol–water partition coefficient (Wildman–Crippen LogP) is -1.51. The fourth-order valence-electron chi connectivity index (χ4n) is 1.61. The van der Waals surface area contributed by atoms with E-state index in [0.29, 0.717) is 12.8 Å². The molecule has 1 aliphatic heterocycles. The number of rotatable bonds is 4. The minimum atomic E-state index is -0.747. The summed E-state index contributed by atoms with van der Waals surface area (Å²) in [7, 11) is 0. The van der Waals surface area contributed by atoms with Crippen LogP contribution in [0.4, 0.5) is 5.82 Å². The van der Waals surface area contributed by atoms with Crippen molar-refractivity contribution in [3.8, 4) is 0 Å². The Kier molecular flexibility index (Phi) is 3.13. The van der Waals surface area contributed by atoms with Gasteiger partial charge in [-0.15, -0.1) is 5.10 Å². The Morgan fingerprint density at radius 2 is 2.56 bits per heavy atom. The summed E-state index contributed by atoms with van der Waals surface area (Å²) < 4.78 is 6.66. The van der Waals surface area contributed by atoms with Gasteiger partial charge >= 0.3 is 0 Å². The summed E-state index contributed by atoms with van der Waals surface area (Å²) in [4.78, 5) is 10.2. The van der Waals surface area contributed by atoms with Crippen LogP contribution < -0.4 is 5.32 Å². The van der Waals surface area contributed by atoms with Crippen molar-refractivity contribution < 1.29 is 19.7 Å². The van der Waals surface area contributed by atoms with Crippen LogP contribution in [0.1, 0.15) is 12.6 Å². The van der Waals surface area contributed by atoms with Crippen molar-refractivity contribution in [3.63, 3.8) is 0 Å². The van der Waals surface area contributed by atoms with Crippen LogP contribution in [-0.2, 0) is 9.53 Å². The highest BCUT2D eigenvalue weighted by Gasteiger charge is 2.35. The highest BCUT2D eigenvalue weighted by Crippen LogP contribution is 2.28. The quantitative estimate of drug-likeness (QED) is 0.540. The summed E-state index contributed by atoms with van der Waals surface area (Å²) in [6, 6.07) is 0. The van der Waals surface area contributed by atoms with E-state index in [1.165, 1.54) is 10.9 Å². The zero-order chi connectivity index (χ0) is 11.5. The van der Waals surface area contributed by atoms with E-state index in [4.69, 9.17) is 9.84 Å². The van der Waals surface area contributed by atoms with Crippen LogP contribution in [0.2, 0.25) is 0 Å². The highest BCUT2D eigenvalue weighted by atomic mass is 16.5. The summed E-state index contributed by atoms with van der Waals surface area (Å²) in [5.74, 6) is 0.276. The van der Waals surface area contributed by atoms with Crippen LogP contribution in [-0.4, -0.2) is 50.4 Å². The van der Waals surface area contributed by atoms with Gasteiger partial charge in [0.05, 0.1) is 18.9 Å². The molecule has 0 aliphatic carbocycles. The van der Waals surface area contributed by atoms with Gasteiger partial charge in [-0.1, -0.05) is 5.21 Å². The molecule has 3 atom stereocenters. The molecule has 0 spiro atoms. The average Bonchev–Trinajstić information content (AvgIpc) is 2.85. The van der Waals surface area contributed by atoms with Crippen LogP contribution in [0, 0.1) is 0 Å². The maximum atomic E-state index is 10.2. The molecule has 1 aliphatic rings. The third-order valence-corrected chi connectivity index (χ3v) is 2.35. The van der Waals surface area contributed by atoms with Crippen LogP contribution in [0.15, 0.2) is 6.20 Å². The largest absolute Gasteiger partial charge is 0.394 e. The van der Waals surface area contributed by atoms with Crippen molar-refractivity contribution in [2.75, 3.05) is 11.9 Å². The molecule has 1 amide bonds. The minimum absolute atomic E-state index is 0.151. The second kappa shape index (κ2) is 4.56. The van der Waals surface area contributed by atoms with Crippen LogP contribution in [0.5, 0.6) is 0 Å². The smallest absolute Gasteiger partial charge is 0.212 e. The molecule has 8 heteroatoms. The molecule has 8 nitrogen and oxygen atoms in total. The molecule has 0 aromatic carbocycles. The van der Waals surface area contributed by atoms with Crippen molar-refractivity contribution in [3.05, 3.63) is 6.20 Å². The lowest BCUT2D eigenvalue weighted by atomic mass is 10.2. The number of nitrogens with one attached hydrogen (secondary N) is 1. The zero-order valence-electron chi connectivity index (χ0n) is 8.35. The van der Waals surface area contributed by atoms with E-state index in [1.54, 1.807) is 0 Å². The molecule has 2 rings (SSSR count). The molecule has 3 N–H and O–H groups in total. The number of carbonyl (C=O) groups is 1. The lowest BCUT2D eigenvalue weighted by molar-refractivity contribution is -0.105. The fraction of sp³-hybridized carbons (Fsp3) is 0.625. The molecule has 1 aromatic rings. The van der Waals surface area contributed by atoms with Crippen LogP contribution in [0.25, 0.3) is 0 Å². The van der Waals surface area contributed by atoms with Gasteiger partial charge in [-0.3, -0.25) is 4.79 Å². The third-order valence-electron chi connectivity index (χ3n) is 2.35. The zero-order valence-corrected chi connectivity index (χ0v) is 8.35. The van der Waals surface area contributed by atoms with Crippen LogP contribution >= 0.6 is 0 Å². The molecular weight excluding hydrogens is 216 g/mol. The molecule has 0 unspecified atom stereocenters. The van der Waals surface area contributed by atoms with Gasteiger partial charge in [0.25, 0.3) is 0 Å². The van der Waals surface area contributed by atoms with E-state index in [-0.39, 0.29) is 12.4 Å². The van der Waals surface area contributed by atoms with Gasteiger partial charge in [-0.2, -0.15) is 0 Å². The normalized spacial score (nSPS) is 29.2. The molecule has 1 aromatic heterocycles. The lowest BCUT2D eigenvalue weighted by Gasteiger charge is -2.13. The van der Waals surface area contributed by atoms with Gasteiger partial charge in [0.2, 0.25) is 6.41 Å². The lowest BCUT2D eigenvalue weighted by Crippen LogP contribution is -2.20. The number of nitrogens with zero attached hydrogens (tertiary/aromatic N) is 3. The Morgan fingerprint density at radius 3 is 3.19 bits per heavy atom. The van der Waals surface area contributed by atoms with Crippen molar-refractivity contribution in [1.82, 2.24) is 15.0 Å². The maximum absolute atomic E-state index is 10.2. The number of amides is 1. The van der Waals surface area contributed by atoms with Gasteiger partial charge in [0.15, 0.2) is 12.0 Å². The number of aromatic nitrogens is 3. The first kappa shape index (κ1) is 11.0. The maximum Gasteiger partial charge on any atom is 0.212 e. The van der Waals surface area contributed by atoms with E-state index < -0.39 is 18.4 Å². The monoisotopic (exact) mass is 228 g/mol. The van der Waals surface area contributed by atoms with Crippen molar-refractivity contribution >= 4 is 12.2 Å². The second-order valence-electron chi connectivity index (χ2n) is 3.48. The summed E-state index contributed by atoms with van der Waals surface area (Å²) in [5, 5.41) is 28.3. The number of hydrogen-bond acceptors (Lipinski definition) is 6. The Morgan fingerprint density at radius 1 is 1.75 bits per heavy atom. The molecule has 0 bridgehead atoms. The first-order chi connectivity index (χ1) is 7.74. The molecule has 0 saturated carbocycles. The van der Waals surface area contributed by atoms with Gasteiger partial charge in [0, 0.05) is 6.42 Å². The fourth-order valence-corrected chi connectivity index (χ4v) is 1.61. The summed E-state index contributed by atoms with van der Waals surface area (Å²) in [6.07, 6.45) is 0.456. The van der Waals surface area contributed by atoms with Crippen molar-refractivity contribution in [2.45, 2.75) is 24.9 Å².